The van der Waals surface area contributed by atoms with E-state index in [1.807, 2.05) is 0 Å². The number of rotatable bonds is 2. The lowest BCUT2D eigenvalue weighted by Gasteiger charge is -2.39. The van der Waals surface area contributed by atoms with Gasteiger partial charge in [0.25, 0.3) is 5.56 Å². The first kappa shape index (κ1) is 16.9. The lowest BCUT2D eigenvalue weighted by molar-refractivity contribution is -0.127. The van der Waals surface area contributed by atoms with E-state index in [4.69, 9.17) is 0 Å². The van der Waals surface area contributed by atoms with Crippen molar-refractivity contribution in [3.63, 3.8) is 0 Å². The Morgan fingerprint density at radius 1 is 1.42 bits per heavy atom. The van der Waals surface area contributed by atoms with Crippen molar-refractivity contribution in [3.8, 4) is 0 Å². The summed E-state index contributed by atoms with van der Waals surface area (Å²) < 4.78 is 0. The van der Waals surface area contributed by atoms with Crippen molar-refractivity contribution in [1.29, 1.82) is 0 Å². The summed E-state index contributed by atoms with van der Waals surface area (Å²) in [5.41, 5.74) is 1.77. The van der Waals surface area contributed by atoms with Crippen LogP contribution in [-0.4, -0.2) is 27.5 Å². The Balaban J connectivity index is 1.73. The van der Waals surface area contributed by atoms with Crippen molar-refractivity contribution < 1.29 is 4.79 Å². The van der Waals surface area contributed by atoms with Gasteiger partial charge in [-0.05, 0) is 35.7 Å². The Kier molecular flexibility index (Phi) is 4.14. The summed E-state index contributed by atoms with van der Waals surface area (Å²) in [6.07, 6.45) is 6.86. The molecule has 1 aliphatic carbocycles. The number of carbonyl (C=O) groups excluding carboxylic acids is 1. The van der Waals surface area contributed by atoms with E-state index in [-0.39, 0.29) is 22.3 Å². The van der Waals surface area contributed by atoms with Gasteiger partial charge in [0, 0.05) is 31.1 Å². The minimum Gasteiger partial charge on any atom is -0.334 e. The smallest absolute Gasteiger partial charge is 0.264 e. The zero-order valence-corrected chi connectivity index (χ0v) is 15.1. The van der Waals surface area contributed by atoms with E-state index in [0.29, 0.717) is 25.4 Å². The lowest BCUT2D eigenvalue weighted by Crippen LogP contribution is -2.37. The predicted molar refractivity (Wildman–Crippen MR) is 93.4 cm³/mol. The van der Waals surface area contributed by atoms with Crippen molar-refractivity contribution in [2.24, 2.45) is 16.7 Å². The standard InChI is InChI=1S/C19H27N3O2/c1-13-5-8-19(4,18(13,2)3)9-6-17(24)22-10-7-15-14(12-22)11-16(23)21-20-15/h6,9,11,13H,5,7-8,10,12H2,1-4H3,(H,21,23). The van der Waals surface area contributed by atoms with Crippen LogP contribution in [0.3, 0.4) is 0 Å². The molecule has 1 aliphatic heterocycles. The van der Waals surface area contributed by atoms with Crippen molar-refractivity contribution in [1.82, 2.24) is 15.1 Å². The Morgan fingerprint density at radius 3 is 2.83 bits per heavy atom. The van der Waals surface area contributed by atoms with Crippen LogP contribution in [0, 0.1) is 16.7 Å². The largest absolute Gasteiger partial charge is 0.334 e. The monoisotopic (exact) mass is 329 g/mol. The molecule has 3 rings (SSSR count). The maximum absolute atomic E-state index is 12.6. The zero-order chi connectivity index (χ0) is 17.5. The number of hydrogen-bond acceptors (Lipinski definition) is 3. The van der Waals surface area contributed by atoms with E-state index >= 15 is 0 Å². The highest BCUT2D eigenvalue weighted by atomic mass is 16.2. The van der Waals surface area contributed by atoms with E-state index < -0.39 is 0 Å². The minimum atomic E-state index is -0.215. The van der Waals surface area contributed by atoms with E-state index in [2.05, 4.69) is 44.0 Å². The first-order chi connectivity index (χ1) is 11.2. The van der Waals surface area contributed by atoms with Crippen LogP contribution < -0.4 is 5.56 Å². The molecule has 2 heterocycles. The van der Waals surface area contributed by atoms with E-state index in [0.717, 1.165) is 17.7 Å². The molecule has 5 nitrogen and oxygen atoms in total. The number of amides is 1. The summed E-state index contributed by atoms with van der Waals surface area (Å²) >= 11 is 0. The van der Waals surface area contributed by atoms with Gasteiger partial charge < -0.3 is 4.90 Å². The summed E-state index contributed by atoms with van der Waals surface area (Å²) in [7, 11) is 0. The number of aromatic nitrogens is 2. The molecule has 2 atom stereocenters. The third kappa shape index (κ3) is 2.80. The van der Waals surface area contributed by atoms with Gasteiger partial charge in [0.15, 0.2) is 0 Å². The number of allylic oxidation sites excluding steroid dienone is 1. The average Bonchev–Trinajstić information content (AvgIpc) is 2.75. The molecule has 0 saturated heterocycles. The topological polar surface area (TPSA) is 66.1 Å². The number of nitrogens with one attached hydrogen (secondary N) is 1. The van der Waals surface area contributed by atoms with Crippen LogP contribution >= 0.6 is 0 Å². The molecule has 2 unspecified atom stereocenters. The molecule has 1 amide bonds. The van der Waals surface area contributed by atoms with Crippen LogP contribution in [0.5, 0.6) is 0 Å². The average molecular weight is 329 g/mol. The van der Waals surface area contributed by atoms with Gasteiger partial charge in [0.1, 0.15) is 0 Å². The molecule has 0 spiro atoms. The molecule has 24 heavy (non-hydrogen) atoms. The number of H-pyrrole nitrogens is 1. The quantitative estimate of drug-likeness (QED) is 0.848. The Bertz CT molecular complexity index is 734. The molecular weight excluding hydrogens is 302 g/mol. The van der Waals surface area contributed by atoms with E-state index in [9.17, 15) is 9.59 Å². The molecule has 0 aromatic carbocycles. The van der Waals surface area contributed by atoms with Gasteiger partial charge >= 0.3 is 0 Å². The number of nitrogens with zero attached hydrogens (tertiary/aromatic N) is 2. The molecule has 2 aliphatic rings. The highest BCUT2D eigenvalue weighted by molar-refractivity contribution is 5.87. The first-order valence-electron chi connectivity index (χ1n) is 8.78. The Labute approximate surface area is 143 Å². The van der Waals surface area contributed by atoms with Crippen LogP contribution in [0.4, 0.5) is 0 Å². The number of hydrogen-bond donors (Lipinski definition) is 1. The first-order valence-corrected chi connectivity index (χ1v) is 8.78. The van der Waals surface area contributed by atoms with E-state index in [1.54, 1.807) is 17.0 Å². The second kappa shape index (κ2) is 5.87. The molecule has 1 fully saturated rings. The van der Waals surface area contributed by atoms with Crippen LogP contribution in [0.2, 0.25) is 0 Å². The predicted octanol–water partition coefficient (Wildman–Crippen LogP) is 2.67. The van der Waals surface area contributed by atoms with Crippen LogP contribution in [0.25, 0.3) is 0 Å². The Hall–Kier alpha value is -1.91. The summed E-state index contributed by atoms with van der Waals surface area (Å²) in [5.74, 6) is 0.680. The minimum absolute atomic E-state index is 0.0255. The summed E-state index contributed by atoms with van der Waals surface area (Å²) in [4.78, 5) is 25.8. The molecule has 1 aromatic rings. The zero-order valence-electron chi connectivity index (χ0n) is 15.1. The highest BCUT2D eigenvalue weighted by Crippen LogP contribution is 2.56. The summed E-state index contributed by atoms with van der Waals surface area (Å²) in [6, 6.07) is 1.55. The van der Waals surface area contributed by atoms with Gasteiger partial charge in [-0.3, -0.25) is 9.59 Å². The fourth-order valence-electron chi connectivity index (χ4n) is 3.96. The van der Waals surface area contributed by atoms with Gasteiger partial charge in [-0.15, -0.1) is 0 Å². The van der Waals surface area contributed by atoms with Crippen molar-refractivity contribution in [3.05, 3.63) is 39.8 Å². The second-order valence-corrected chi connectivity index (χ2v) is 8.13. The molecule has 130 valence electrons. The molecular formula is C19H27N3O2. The van der Waals surface area contributed by atoms with Crippen LogP contribution in [0.15, 0.2) is 23.0 Å². The fourth-order valence-corrected chi connectivity index (χ4v) is 3.96. The molecule has 1 N–H and O–H groups in total. The van der Waals surface area contributed by atoms with Crippen LogP contribution in [-0.2, 0) is 17.8 Å². The van der Waals surface area contributed by atoms with Crippen molar-refractivity contribution in [2.45, 2.75) is 53.5 Å². The molecule has 0 radical (unpaired) electrons. The van der Waals surface area contributed by atoms with Gasteiger partial charge in [-0.25, -0.2) is 5.10 Å². The van der Waals surface area contributed by atoms with Crippen molar-refractivity contribution in [2.75, 3.05) is 6.54 Å². The maximum atomic E-state index is 12.6. The summed E-state index contributed by atoms with van der Waals surface area (Å²) in [6.45, 7) is 10.3. The maximum Gasteiger partial charge on any atom is 0.264 e. The molecule has 1 aromatic heterocycles. The third-order valence-corrected chi connectivity index (χ3v) is 6.66. The normalized spacial score (nSPS) is 29.0. The van der Waals surface area contributed by atoms with E-state index in [1.165, 1.54) is 6.42 Å². The van der Waals surface area contributed by atoms with Crippen molar-refractivity contribution >= 4 is 5.91 Å². The van der Waals surface area contributed by atoms with Crippen LogP contribution in [0.1, 0.15) is 51.8 Å². The number of aromatic amines is 1. The molecule has 5 heteroatoms. The fraction of sp³-hybridized carbons (Fsp3) is 0.632. The van der Waals surface area contributed by atoms with Gasteiger partial charge in [0.2, 0.25) is 5.91 Å². The SMILES string of the molecule is CC1CCC(C)(C=CC(=O)N2CCc3n[nH]c(=O)cc3C2)C1(C)C. The number of carbonyl (C=O) groups is 1. The molecule has 1 saturated carbocycles. The third-order valence-electron chi connectivity index (χ3n) is 6.66. The van der Waals surface area contributed by atoms with Gasteiger partial charge in [0.05, 0.1) is 5.69 Å². The van der Waals surface area contributed by atoms with Gasteiger partial charge in [-0.2, -0.15) is 5.10 Å². The molecule has 0 bridgehead atoms. The highest BCUT2D eigenvalue weighted by Gasteiger charge is 2.47. The number of fused-ring (bicyclic) bond motifs is 1. The lowest BCUT2D eigenvalue weighted by atomic mass is 9.66. The Morgan fingerprint density at radius 2 is 2.17 bits per heavy atom. The summed E-state index contributed by atoms with van der Waals surface area (Å²) in [5, 5.41) is 6.53. The second-order valence-electron chi connectivity index (χ2n) is 8.13. The van der Waals surface area contributed by atoms with Gasteiger partial charge in [-0.1, -0.05) is 33.8 Å².